The Kier molecular flexibility index (Phi) is 4.83. The number of hydrogen-bond acceptors (Lipinski definition) is 6. The van der Waals surface area contributed by atoms with Crippen LogP contribution < -0.4 is 16.0 Å². The van der Waals surface area contributed by atoms with Crippen molar-refractivity contribution in [1.82, 2.24) is 9.97 Å². The Morgan fingerprint density at radius 2 is 2.00 bits per heavy atom. The molecule has 0 atom stereocenters. The van der Waals surface area contributed by atoms with Gasteiger partial charge in [0.1, 0.15) is 5.69 Å². The number of nitrogens with one attached hydrogen (secondary N) is 2. The van der Waals surface area contributed by atoms with Crippen LogP contribution in [0.25, 0.3) is 12.2 Å². The summed E-state index contributed by atoms with van der Waals surface area (Å²) in [6.07, 6.45) is 2.68. The first kappa shape index (κ1) is 16.7. The first-order chi connectivity index (χ1) is 10.8. The van der Waals surface area contributed by atoms with Crippen LogP contribution in [-0.2, 0) is 0 Å². The number of ether oxygens (including phenoxy) is 1. The molecule has 0 fully saturated rings. The highest BCUT2D eigenvalue weighted by Gasteiger charge is 2.18. The van der Waals surface area contributed by atoms with Gasteiger partial charge in [-0.3, -0.25) is 19.9 Å². The Morgan fingerprint density at radius 1 is 1.30 bits per heavy atom. The van der Waals surface area contributed by atoms with E-state index >= 15 is 0 Å². The fourth-order valence-electron chi connectivity index (χ4n) is 1.82. The number of nitrogens with zero attached hydrogens (tertiary/aromatic N) is 1. The summed E-state index contributed by atoms with van der Waals surface area (Å²) in [4.78, 5) is 36.8. The van der Waals surface area contributed by atoms with E-state index in [9.17, 15) is 24.8 Å². The third kappa shape index (κ3) is 3.59. The SMILES string of the molecule is COc1cc(/C=C/c2[nH]c(=O)[nH]c(=O)c2[N+](=O)[O-])cc(I)c1O. The number of aromatic amines is 2. The zero-order valence-electron chi connectivity index (χ0n) is 11.6. The summed E-state index contributed by atoms with van der Waals surface area (Å²) in [5.41, 5.74) is -2.37. The normalized spacial score (nSPS) is 10.9. The number of phenolic OH excluding ortho intramolecular Hbond substituents is 1. The molecule has 0 unspecified atom stereocenters. The minimum Gasteiger partial charge on any atom is -0.504 e. The topological polar surface area (TPSA) is 138 Å². The molecule has 0 aliphatic heterocycles. The maximum atomic E-state index is 11.5. The number of rotatable bonds is 4. The van der Waals surface area contributed by atoms with E-state index in [1.165, 1.54) is 25.3 Å². The molecule has 10 heteroatoms. The van der Waals surface area contributed by atoms with E-state index in [-0.39, 0.29) is 17.2 Å². The molecule has 0 saturated heterocycles. The van der Waals surface area contributed by atoms with Gasteiger partial charge in [-0.2, -0.15) is 0 Å². The second-order valence-corrected chi connectivity index (χ2v) is 5.48. The zero-order valence-corrected chi connectivity index (χ0v) is 13.8. The molecule has 0 radical (unpaired) electrons. The molecule has 1 heterocycles. The van der Waals surface area contributed by atoms with Crippen LogP contribution in [0.3, 0.4) is 0 Å². The molecule has 0 spiro atoms. The van der Waals surface area contributed by atoms with Crippen molar-refractivity contribution in [3.8, 4) is 11.5 Å². The molecule has 3 N–H and O–H groups in total. The van der Waals surface area contributed by atoms with Crippen molar-refractivity contribution in [3.05, 3.63) is 57.9 Å². The highest BCUT2D eigenvalue weighted by Crippen LogP contribution is 2.33. The van der Waals surface area contributed by atoms with Gasteiger partial charge in [0.2, 0.25) is 0 Å². The Balaban J connectivity index is 2.53. The molecule has 0 bridgehead atoms. The quantitative estimate of drug-likeness (QED) is 0.381. The van der Waals surface area contributed by atoms with Gasteiger partial charge in [-0.1, -0.05) is 6.08 Å². The molecule has 23 heavy (non-hydrogen) atoms. The molecule has 0 amide bonds. The van der Waals surface area contributed by atoms with Crippen LogP contribution in [0.2, 0.25) is 0 Å². The molecule has 9 nitrogen and oxygen atoms in total. The average molecular weight is 431 g/mol. The lowest BCUT2D eigenvalue weighted by Crippen LogP contribution is -2.25. The largest absolute Gasteiger partial charge is 0.504 e. The molecular weight excluding hydrogens is 421 g/mol. The molecule has 2 rings (SSSR count). The zero-order chi connectivity index (χ0) is 17.1. The van der Waals surface area contributed by atoms with Crippen LogP contribution in [0.1, 0.15) is 11.3 Å². The Labute approximate surface area is 141 Å². The average Bonchev–Trinajstić information content (AvgIpc) is 2.47. The monoisotopic (exact) mass is 431 g/mol. The van der Waals surface area contributed by atoms with E-state index in [2.05, 4.69) is 4.98 Å². The number of phenols is 1. The number of aromatic nitrogens is 2. The van der Waals surface area contributed by atoms with Gasteiger partial charge < -0.3 is 14.8 Å². The summed E-state index contributed by atoms with van der Waals surface area (Å²) in [6, 6.07) is 3.11. The van der Waals surface area contributed by atoms with Gasteiger partial charge in [0.05, 0.1) is 15.6 Å². The molecule has 1 aromatic heterocycles. The van der Waals surface area contributed by atoms with E-state index in [4.69, 9.17) is 4.74 Å². The lowest BCUT2D eigenvalue weighted by molar-refractivity contribution is -0.386. The summed E-state index contributed by atoms with van der Waals surface area (Å²) in [7, 11) is 1.39. The van der Waals surface area contributed by atoms with E-state index in [0.717, 1.165) is 0 Å². The van der Waals surface area contributed by atoms with Gasteiger partial charge in [0.25, 0.3) is 0 Å². The first-order valence-electron chi connectivity index (χ1n) is 6.09. The number of hydrogen-bond donors (Lipinski definition) is 3. The lowest BCUT2D eigenvalue weighted by atomic mass is 10.1. The summed E-state index contributed by atoms with van der Waals surface area (Å²) in [5, 5.41) is 20.7. The van der Waals surface area contributed by atoms with Crippen LogP contribution >= 0.6 is 22.6 Å². The number of benzene rings is 1. The summed E-state index contributed by atoms with van der Waals surface area (Å²) < 4.78 is 5.52. The molecule has 2 aromatic rings. The van der Waals surface area contributed by atoms with Gasteiger partial charge in [0.15, 0.2) is 11.5 Å². The first-order valence-corrected chi connectivity index (χ1v) is 7.17. The Hall–Kier alpha value is -2.63. The van der Waals surface area contributed by atoms with Gasteiger partial charge in [-0.15, -0.1) is 0 Å². The van der Waals surface area contributed by atoms with E-state index in [0.29, 0.717) is 9.13 Å². The predicted molar refractivity (Wildman–Crippen MR) is 90.6 cm³/mol. The molecule has 0 saturated carbocycles. The molecule has 1 aromatic carbocycles. The third-order valence-electron chi connectivity index (χ3n) is 2.84. The van der Waals surface area contributed by atoms with Crippen LogP contribution in [0.4, 0.5) is 5.69 Å². The predicted octanol–water partition coefficient (Wildman–Crippen LogP) is 1.46. The third-order valence-corrected chi connectivity index (χ3v) is 3.66. The minimum absolute atomic E-state index is 0.0270. The van der Waals surface area contributed by atoms with Gasteiger partial charge in [-0.05, 0) is 46.4 Å². The van der Waals surface area contributed by atoms with E-state index in [1.807, 2.05) is 22.6 Å². The van der Waals surface area contributed by atoms with E-state index in [1.54, 1.807) is 11.1 Å². The molecule has 0 aliphatic rings. The van der Waals surface area contributed by atoms with Gasteiger partial charge in [0, 0.05) is 0 Å². The highest BCUT2D eigenvalue weighted by molar-refractivity contribution is 14.1. The number of halogens is 1. The lowest BCUT2D eigenvalue weighted by Gasteiger charge is -2.06. The molecule has 0 aliphatic carbocycles. The van der Waals surface area contributed by atoms with Crippen molar-refractivity contribution >= 4 is 40.4 Å². The fourth-order valence-corrected chi connectivity index (χ4v) is 2.45. The number of nitro groups is 1. The second kappa shape index (κ2) is 6.64. The maximum Gasteiger partial charge on any atom is 0.357 e. The highest BCUT2D eigenvalue weighted by atomic mass is 127. The maximum absolute atomic E-state index is 11.5. The Morgan fingerprint density at radius 3 is 2.61 bits per heavy atom. The van der Waals surface area contributed by atoms with Crippen LogP contribution in [0.15, 0.2) is 21.7 Å². The van der Waals surface area contributed by atoms with Crippen molar-refractivity contribution < 1.29 is 14.8 Å². The van der Waals surface area contributed by atoms with Gasteiger partial charge in [-0.25, -0.2) is 4.79 Å². The van der Waals surface area contributed by atoms with Crippen LogP contribution in [0.5, 0.6) is 11.5 Å². The standard InChI is InChI=1S/C13H10IN3O6/c1-23-9-5-6(4-7(14)11(9)18)2-3-8-10(17(21)22)12(19)16-13(20)15-8/h2-5,18H,1H3,(H2,15,16,19,20)/b3-2+. The summed E-state index contributed by atoms with van der Waals surface area (Å²) in [5.74, 6) is 0.200. The molecular formula is C13H10IN3O6. The Bertz CT molecular complexity index is 915. The number of H-pyrrole nitrogens is 2. The van der Waals surface area contributed by atoms with Crippen molar-refractivity contribution in [2.45, 2.75) is 0 Å². The van der Waals surface area contributed by atoms with Crippen molar-refractivity contribution in [2.75, 3.05) is 7.11 Å². The van der Waals surface area contributed by atoms with E-state index < -0.39 is 21.9 Å². The van der Waals surface area contributed by atoms with Crippen LogP contribution in [0, 0.1) is 13.7 Å². The number of methoxy groups -OCH3 is 1. The van der Waals surface area contributed by atoms with Crippen molar-refractivity contribution in [2.24, 2.45) is 0 Å². The fraction of sp³-hybridized carbons (Fsp3) is 0.0769. The number of aromatic hydroxyl groups is 1. The minimum atomic E-state index is -1.09. The molecule has 120 valence electrons. The summed E-state index contributed by atoms with van der Waals surface area (Å²) >= 11 is 1.90. The van der Waals surface area contributed by atoms with Gasteiger partial charge >= 0.3 is 16.9 Å². The van der Waals surface area contributed by atoms with Crippen molar-refractivity contribution in [3.63, 3.8) is 0 Å². The van der Waals surface area contributed by atoms with Crippen LogP contribution in [-0.4, -0.2) is 27.1 Å². The second-order valence-electron chi connectivity index (χ2n) is 4.31. The smallest absolute Gasteiger partial charge is 0.357 e. The summed E-state index contributed by atoms with van der Waals surface area (Å²) in [6.45, 7) is 0. The van der Waals surface area contributed by atoms with Crippen molar-refractivity contribution in [1.29, 1.82) is 0 Å².